The van der Waals surface area contributed by atoms with Gasteiger partial charge in [0, 0.05) is 6.04 Å². The molecule has 0 aliphatic heterocycles. The predicted molar refractivity (Wildman–Crippen MR) is 49.3 cm³/mol. The average Bonchev–Trinajstić information content (AvgIpc) is 2.17. The predicted octanol–water partition coefficient (Wildman–Crippen LogP) is 1.92. The molecule has 0 fully saturated rings. The summed E-state index contributed by atoms with van der Waals surface area (Å²) in [5.41, 5.74) is 1.02. The molecule has 0 saturated heterocycles. The van der Waals surface area contributed by atoms with E-state index in [1.807, 2.05) is 14.0 Å². The van der Waals surface area contributed by atoms with Crippen LogP contribution in [0.5, 0.6) is 0 Å². The number of rotatable bonds is 3. The molecule has 1 rings (SSSR count). The first kappa shape index (κ1) is 9.86. The molecule has 0 saturated carbocycles. The fourth-order valence-corrected chi connectivity index (χ4v) is 1.09. The number of aldehydes is 1. The summed E-state index contributed by atoms with van der Waals surface area (Å²) in [5, 5.41) is 3.01. The molecule has 2 nitrogen and oxygen atoms in total. The highest BCUT2D eigenvalue weighted by Crippen LogP contribution is 2.15. The standard InChI is InChI=1S/C10H12FNO/c1-7(12-2)8-3-4-10(11)9(5-8)6-13/h3-7,12H,1-2H3. The molecule has 1 atom stereocenters. The third-order valence-corrected chi connectivity index (χ3v) is 2.08. The molecule has 0 heterocycles. The third-order valence-electron chi connectivity index (χ3n) is 2.08. The van der Waals surface area contributed by atoms with Crippen molar-refractivity contribution in [3.63, 3.8) is 0 Å². The van der Waals surface area contributed by atoms with Gasteiger partial charge in [0.2, 0.25) is 0 Å². The molecule has 0 amide bonds. The molecule has 13 heavy (non-hydrogen) atoms. The molecule has 70 valence electrons. The Kier molecular flexibility index (Phi) is 3.14. The minimum Gasteiger partial charge on any atom is -0.313 e. The van der Waals surface area contributed by atoms with Gasteiger partial charge in [-0.05, 0) is 31.7 Å². The van der Waals surface area contributed by atoms with Gasteiger partial charge in [-0.1, -0.05) is 6.07 Å². The van der Waals surface area contributed by atoms with E-state index in [1.165, 1.54) is 6.07 Å². The van der Waals surface area contributed by atoms with Crippen LogP contribution in [-0.4, -0.2) is 13.3 Å². The summed E-state index contributed by atoms with van der Waals surface area (Å²) >= 11 is 0. The molecule has 0 aliphatic rings. The number of carbonyl (C=O) groups is 1. The lowest BCUT2D eigenvalue weighted by Crippen LogP contribution is -2.12. The Morgan fingerprint density at radius 2 is 2.23 bits per heavy atom. The largest absolute Gasteiger partial charge is 0.313 e. The number of halogens is 1. The van der Waals surface area contributed by atoms with E-state index in [4.69, 9.17) is 0 Å². The summed E-state index contributed by atoms with van der Waals surface area (Å²) in [6, 6.07) is 4.67. The van der Waals surface area contributed by atoms with Crippen LogP contribution >= 0.6 is 0 Å². The molecule has 0 aromatic heterocycles. The monoisotopic (exact) mass is 181 g/mol. The van der Waals surface area contributed by atoms with Gasteiger partial charge in [0.05, 0.1) is 5.56 Å². The summed E-state index contributed by atoms with van der Waals surface area (Å²) in [5.74, 6) is -0.470. The van der Waals surface area contributed by atoms with Crippen LogP contribution in [0.3, 0.4) is 0 Å². The zero-order chi connectivity index (χ0) is 9.84. The number of nitrogens with one attached hydrogen (secondary N) is 1. The van der Waals surface area contributed by atoms with E-state index in [9.17, 15) is 9.18 Å². The van der Waals surface area contributed by atoms with Gasteiger partial charge in [0.15, 0.2) is 6.29 Å². The SMILES string of the molecule is CNC(C)c1ccc(F)c(C=O)c1. The fraction of sp³-hybridized carbons (Fsp3) is 0.300. The smallest absolute Gasteiger partial charge is 0.153 e. The highest BCUT2D eigenvalue weighted by Gasteiger charge is 2.06. The van der Waals surface area contributed by atoms with E-state index < -0.39 is 5.82 Å². The van der Waals surface area contributed by atoms with Crippen LogP contribution < -0.4 is 5.32 Å². The topological polar surface area (TPSA) is 29.1 Å². The lowest BCUT2D eigenvalue weighted by Gasteiger charge is -2.10. The van der Waals surface area contributed by atoms with Crippen LogP contribution in [0.4, 0.5) is 4.39 Å². The highest BCUT2D eigenvalue weighted by atomic mass is 19.1. The van der Waals surface area contributed by atoms with Gasteiger partial charge in [-0.3, -0.25) is 4.79 Å². The molecular formula is C10H12FNO. The molecule has 1 aromatic carbocycles. The van der Waals surface area contributed by atoms with Crippen LogP contribution in [0, 0.1) is 5.82 Å². The average molecular weight is 181 g/mol. The number of benzene rings is 1. The summed E-state index contributed by atoms with van der Waals surface area (Å²) in [6.07, 6.45) is 0.529. The quantitative estimate of drug-likeness (QED) is 0.722. The van der Waals surface area contributed by atoms with Gasteiger partial charge in [-0.15, -0.1) is 0 Å². The lowest BCUT2D eigenvalue weighted by atomic mass is 10.1. The molecule has 0 spiro atoms. The van der Waals surface area contributed by atoms with Crippen molar-refractivity contribution in [1.82, 2.24) is 5.32 Å². The Hall–Kier alpha value is -1.22. The van der Waals surface area contributed by atoms with E-state index in [-0.39, 0.29) is 11.6 Å². The van der Waals surface area contributed by atoms with E-state index >= 15 is 0 Å². The van der Waals surface area contributed by atoms with Crippen molar-refractivity contribution >= 4 is 6.29 Å². The molecule has 0 aliphatic carbocycles. The Morgan fingerprint density at radius 3 is 2.77 bits per heavy atom. The summed E-state index contributed by atoms with van der Waals surface area (Å²) < 4.78 is 12.9. The number of hydrogen-bond acceptors (Lipinski definition) is 2. The van der Waals surface area contributed by atoms with Gasteiger partial charge in [0.1, 0.15) is 5.82 Å². The maximum absolute atomic E-state index is 12.9. The summed E-state index contributed by atoms with van der Waals surface area (Å²) in [6.45, 7) is 1.95. The summed E-state index contributed by atoms with van der Waals surface area (Å²) in [7, 11) is 1.81. The van der Waals surface area contributed by atoms with Crippen LogP contribution in [0.25, 0.3) is 0 Å². The summed E-state index contributed by atoms with van der Waals surface area (Å²) in [4.78, 5) is 10.4. The van der Waals surface area contributed by atoms with Crippen LogP contribution in [0.1, 0.15) is 28.9 Å². The second kappa shape index (κ2) is 4.14. The minimum absolute atomic E-state index is 0.111. The van der Waals surface area contributed by atoms with Crippen molar-refractivity contribution < 1.29 is 9.18 Å². The maximum Gasteiger partial charge on any atom is 0.153 e. The number of carbonyl (C=O) groups excluding carboxylic acids is 1. The van der Waals surface area contributed by atoms with Crippen LogP contribution in [-0.2, 0) is 0 Å². The fourth-order valence-electron chi connectivity index (χ4n) is 1.09. The van der Waals surface area contributed by atoms with Crippen LogP contribution in [0.2, 0.25) is 0 Å². The maximum atomic E-state index is 12.9. The molecule has 3 heteroatoms. The minimum atomic E-state index is -0.470. The van der Waals surface area contributed by atoms with Crippen molar-refractivity contribution in [3.8, 4) is 0 Å². The van der Waals surface area contributed by atoms with Crippen molar-refractivity contribution in [2.24, 2.45) is 0 Å². The Balaban J connectivity index is 3.05. The van der Waals surface area contributed by atoms with Gasteiger partial charge in [-0.25, -0.2) is 4.39 Å². The molecule has 1 unspecified atom stereocenters. The van der Waals surface area contributed by atoms with Crippen molar-refractivity contribution in [1.29, 1.82) is 0 Å². The van der Waals surface area contributed by atoms with E-state index in [0.29, 0.717) is 6.29 Å². The first-order valence-electron chi connectivity index (χ1n) is 4.11. The van der Waals surface area contributed by atoms with Crippen molar-refractivity contribution in [3.05, 3.63) is 35.1 Å². The zero-order valence-electron chi connectivity index (χ0n) is 7.67. The first-order chi connectivity index (χ1) is 6.19. The Bertz CT molecular complexity index is 312. The molecule has 1 aromatic rings. The van der Waals surface area contributed by atoms with Crippen molar-refractivity contribution in [2.45, 2.75) is 13.0 Å². The zero-order valence-corrected chi connectivity index (χ0v) is 7.67. The Labute approximate surface area is 76.8 Å². The van der Waals surface area contributed by atoms with Gasteiger partial charge in [0.25, 0.3) is 0 Å². The van der Waals surface area contributed by atoms with Gasteiger partial charge >= 0.3 is 0 Å². The van der Waals surface area contributed by atoms with E-state index in [0.717, 1.165) is 5.56 Å². The first-order valence-corrected chi connectivity index (χ1v) is 4.11. The van der Waals surface area contributed by atoms with Gasteiger partial charge < -0.3 is 5.32 Å². The number of hydrogen-bond donors (Lipinski definition) is 1. The van der Waals surface area contributed by atoms with Gasteiger partial charge in [-0.2, -0.15) is 0 Å². The van der Waals surface area contributed by atoms with E-state index in [1.54, 1.807) is 12.1 Å². The molecule has 0 bridgehead atoms. The lowest BCUT2D eigenvalue weighted by molar-refractivity contribution is 0.111. The molecule has 0 radical (unpaired) electrons. The second-order valence-electron chi connectivity index (χ2n) is 2.91. The highest BCUT2D eigenvalue weighted by molar-refractivity contribution is 5.75. The molecular weight excluding hydrogens is 169 g/mol. The Morgan fingerprint density at radius 1 is 1.54 bits per heavy atom. The van der Waals surface area contributed by atoms with Crippen LogP contribution in [0.15, 0.2) is 18.2 Å². The third kappa shape index (κ3) is 2.12. The molecule has 1 N–H and O–H groups in total. The normalized spacial score (nSPS) is 12.5. The second-order valence-corrected chi connectivity index (χ2v) is 2.91. The van der Waals surface area contributed by atoms with E-state index in [2.05, 4.69) is 5.32 Å². The van der Waals surface area contributed by atoms with Crippen molar-refractivity contribution in [2.75, 3.05) is 7.05 Å².